The maximum atomic E-state index is 12.0. The molecule has 5 nitrogen and oxygen atoms in total. The Balaban J connectivity index is 1.95. The molecule has 5 heteroatoms. The van der Waals surface area contributed by atoms with Crippen molar-refractivity contribution in [2.24, 2.45) is 11.7 Å². The van der Waals surface area contributed by atoms with Crippen molar-refractivity contribution in [3.8, 4) is 0 Å². The predicted octanol–water partition coefficient (Wildman–Crippen LogP) is 1.62. The Hall–Kier alpha value is -1.36. The Labute approximate surface area is 107 Å². The van der Waals surface area contributed by atoms with Crippen LogP contribution < -0.4 is 11.1 Å². The fraction of sp³-hybridized carbons (Fsp3) is 0.692. The van der Waals surface area contributed by atoms with Crippen molar-refractivity contribution < 1.29 is 9.32 Å². The van der Waals surface area contributed by atoms with E-state index in [1.807, 2.05) is 0 Å². The summed E-state index contributed by atoms with van der Waals surface area (Å²) in [5, 5.41) is 6.70. The Bertz CT molecular complexity index is 397. The summed E-state index contributed by atoms with van der Waals surface area (Å²) in [5.74, 6) is 0.954. The molecule has 1 aliphatic carbocycles. The third-order valence-corrected chi connectivity index (χ3v) is 3.65. The van der Waals surface area contributed by atoms with Crippen molar-refractivity contribution in [3.63, 3.8) is 0 Å². The van der Waals surface area contributed by atoms with Gasteiger partial charge in [0, 0.05) is 18.7 Å². The first-order chi connectivity index (χ1) is 8.70. The van der Waals surface area contributed by atoms with Gasteiger partial charge in [-0.15, -0.1) is 0 Å². The SMILES string of the molecule is Cc1cc(C(=O)NC(CN)C2CCCCC2)no1. The second-order valence-electron chi connectivity index (χ2n) is 5.04. The van der Waals surface area contributed by atoms with Gasteiger partial charge in [-0.3, -0.25) is 4.79 Å². The topological polar surface area (TPSA) is 81.2 Å². The zero-order chi connectivity index (χ0) is 13.0. The molecule has 0 radical (unpaired) electrons. The standard InChI is InChI=1S/C13H21N3O2/c1-9-7-11(16-18-9)13(17)15-12(8-14)10-5-3-2-4-6-10/h7,10,12H,2-6,8,14H2,1H3,(H,15,17). The average molecular weight is 251 g/mol. The fourth-order valence-electron chi connectivity index (χ4n) is 2.62. The minimum Gasteiger partial charge on any atom is -0.361 e. The monoisotopic (exact) mass is 251 g/mol. The first-order valence-electron chi connectivity index (χ1n) is 6.65. The largest absolute Gasteiger partial charge is 0.361 e. The molecule has 0 aliphatic heterocycles. The van der Waals surface area contributed by atoms with Gasteiger partial charge in [-0.25, -0.2) is 0 Å². The summed E-state index contributed by atoms with van der Waals surface area (Å²) in [5.41, 5.74) is 6.11. The quantitative estimate of drug-likeness (QED) is 0.852. The van der Waals surface area contributed by atoms with Crippen LogP contribution in [-0.2, 0) is 0 Å². The normalized spacial score (nSPS) is 18.6. The number of carbonyl (C=O) groups is 1. The molecule has 1 aromatic rings. The average Bonchev–Trinajstić information content (AvgIpc) is 2.83. The molecule has 100 valence electrons. The number of aryl methyl sites for hydroxylation is 1. The molecule has 0 aromatic carbocycles. The van der Waals surface area contributed by atoms with Crippen LogP contribution in [0.25, 0.3) is 0 Å². The second kappa shape index (κ2) is 6.00. The number of rotatable bonds is 4. The molecular formula is C13H21N3O2. The Morgan fingerprint density at radius 1 is 1.56 bits per heavy atom. The molecule has 1 aliphatic rings. The highest BCUT2D eigenvalue weighted by Crippen LogP contribution is 2.26. The molecule has 1 atom stereocenters. The lowest BCUT2D eigenvalue weighted by Gasteiger charge is -2.29. The van der Waals surface area contributed by atoms with Crippen molar-refractivity contribution in [2.45, 2.75) is 45.1 Å². The number of amides is 1. The molecule has 18 heavy (non-hydrogen) atoms. The second-order valence-corrected chi connectivity index (χ2v) is 5.04. The summed E-state index contributed by atoms with van der Waals surface area (Å²) in [4.78, 5) is 12.0. The highest BCUT2D eigenvalue weighted by Gasteiger charge is 2.25. The van der Waals surface area contributed by atoms with E-state index in [2.05, 4.69) is 10.5 Å². The molecule has 1 heterocycles. The van der Waals surface area contributed by atoms with Crippen molar-refractivity contribution in [3.05, 3.63) is 17.5 Å². The van der Waals surface area contributed by atoms with Crippen LogP contribution in [0.5, 0.6) is 0 Å². The van der Waals surface area contributed by atoms with E-state index in [9.17, 15) is 4.79 Å². The molecule has 0 spiro atoms. The van der Waals surface area contributed by atoms with E-state index in [0.29, 0.717) is 23.9 Å². The number of nitrogens with one attached hydrogen (secondary N) is 1. The van der Waals surface area contributed by atoms with Crippen LogP contribution in [0.3, 0.4) is 0 Å². The maximum Gasteiger partial charge on any atom is 0.273 e. The van der Waals surface area contributed by atoms with E-state index in [1.165, 1.54) is 19.3 Å². The van der Waals surface area contributed by atoms with E-state index < -0.39 is 0 Å². The third kappa shape index (κ3) is 3.10. The first kappa shape index (κ1) is 13.1. The Morgan fingerprint density at radius 3 is 2.83 bits per heavy atom. The summed E-state index contributed by atoms with van der Waals surface area (Å²) >= 11 is 0. The van der Waals surface area contributed by atoms with Crippen LogP contribution in [-0.4, -0.2) is 23.7 Å². The summed E-state index contributed by atoms with van der Waals surface area (Å²) in [7, 11) is 0. The van der Waals surface area contributed by atoms with E-state index in [-0.39, 0.29) is 11.9 Å². The van der Waals surface area contributed by atoms with Crippen LogP contribution in [0.4, 0.5) is 0 Å². The zero-order valence-electron chi connectivity index (χ0n) is 10.8. The van der Waals surface area contributed by atoms with Gasteiger partial charge in [0.2, 0.25) is 0 Å². The van der Waals surface area contributed by atoms with E-state index >= 15 is 0 Å². The number of nitrogens with two attached hydrogens (primary N) is 1. The summed E-state index contributed by atoms with van der Waals surface area (Å²) in [6.45, 7) is 2.25. The summed E-state index contributed by atoms with van der Waals surface area (Å²) < 4.78 is 4.90. The molecule has 3 N–H and O–H groups in total. The van der Waals surface area contributed by atoms with Crippen LogP contribution >= 0.6 is 0 Å². The lowest BCUT2D eigenvalue weighted by molar-refractivity contribution is 0.0906. The van der Waals surface area contributed by atoms with Gasteiger partial charge < -0.3 is 15.6 Å². The highest BCUT2D eigenvalue weighted by molar-refractivity contribution is 5.92. The molecule has 1 amide bonds. The molecule has 0 bridgehead atoms. The molecule has 0 saturated heterocycles. The van der Waals surface area contributed by atoms with E-state index in [0.717, 1.165) is 12.8 Å². The fourth-order valence-corrected chi connectivity index (χ4v) is 2.62. The molecule has 1 fully saturated rings. The zero-order valence-corrected chi connectivity index (χ0v) is 10.8. The van der Waals surface area contributed by atoms with Crippen LogP contribution in [0.2, 0.25) is 0 Å². The smallest absolute Gasteiger partial charge is 0.273 e. The summed E-state index contributed by atoms with van der Waals surface area (Å²) in [6, 6.07) is 1.69. The number of carbonyl (C=O) groups excluding carboxylic acids is 1. The van der Waals surface area contributed by atoms with Gasteiger partial charge in [-0.05, 0) is 25.7 Å². The molecular weight excluding hydrogens is 230 g/mol. The van der Waals surface area contributed by atoms with Crippen molar-refractivity contribution in [1.82, 2.24) is 10.5 Å². The third-order valence-electron chi connectivity index (χ3n) is 3.65. The van der Waals surface area contributed by atoms with E-state index in [4.69, 9.17) is 10.3 Å². The highest BCUT2D eigenvalue weighted by atomic mass is 16.5. The summed E-state index contributed by atoms with van der Waals surface area (Å²) in [6.07, 6.45) is 6.07. The first-order valence-corrected chi connectivity index (χ1v) is 6.65. The number of hydrogen-bond donors (Lipinski definition) is 2. The Morgan fingerprint density at radius 2 is 2.28 bits per heavy atom. The van der Waals surface area contributed by atoms with Gasteiger partial charge in [0.25, 0.3) is 5.91 Å². The maximum absolute atomic E-state index is 12.0. The Kier molecular flexibility index (Phi) is 4.36. The lowest BCUT2D eigenvalue weighted by atomic mass is 9.84. The number of aromatic nitrogens is 1. The van der Waals surface area contributed by atoms with Gasteiger partial charge in [-0.2, -0.15) is 0 Å². The predicted molar refractivity (Wildman–Crippen MR) is 68.1 cm³/mol. The van der Waals surface area contributed by atoms with Gasteiger partial charge in [0.05, 0.1) is 0 Å². The van der Waals surface area contributed by atoms with Gasteiger partial charge in [0.1, 0.15) is 5.76 Å². The minimum absolute atomic E-state index is 0.0507. The van der Waals surface area contributed by atoms with Gasteiger partial charge in [-0.1, -0.05) is 24.4 Å². The van der Waals surface area contributed by atoms with Crippen LogP contribution in [0, 0.1) is 12.8 Å². The molecule has 2 rings (SSSR count). The number of nitrogens with zero attached hydrogens (tertiary/aromatic N) is 1. The van der Waals surface area contributed by atoms with Gasteiger partial charge in [0.15, 0.2) is 5.69 Å². The van der Waals surface area contributed by atoms with Gasteiger partial charge >= 0.3 is 0 Å². The lowest BCUT2D eigenvalue weighted by Crippen LogP contribution is -2.46. The molecule has 1 aromatic heterocycles. The number of hydrogen-bond acceptors (Lipinski definition) is 4. The molecule has 1 unspecified atom stereocenters. The van der Waals surface area contributed by atoms with Crippen molar-refractivity contribution in [1.29, 1.82) is 0 Å². The molecule has 1 saturated carbocycles. The van der Waals surface area contributed by atoms with Crippen molar-refractivity contribution >= 4 is 5.91 Å². The van der Waals surface area contributed by atoms with E-state index in [1.54, 1.807) is 13.0 Å². The minimum atomic E-state index is -0.187. The van der Waals surface area contributed by atoms with Crippen LogP contribution in [0.15, 0.2) is 10.6 Å². The van der Waals surface area contributed by atoms with Crippen molar-refractivity contribution in [2.75, 3.05) is 6.54 Å². The van der Waals surface area contributed by atoms with Crippen LogP contribution in [0.1, 0.15) is 48.4 Å².